The molecule has 86 valence electrons. The summed E-state index contributed by atoms with van der Waals surface area (Å²) in [7, 11) is 0. The van der Waals surface area contributed by atoms with Gasteiger partial charge in [0.05, 0.1) is 0 Å². The predicted octanol–water partition coefficient (Wildman–Crippen LogP) is 5.65. The summed E-state index contributed by atoms with van der Waals surface area (Å²) in [6.07, 6.45) is 0. The van der Waals surface area contributed by atoms with E-state index in [4.69, 9.17) is 0 Å². The number of hydrogen-bond donors (Lipinski definition) is 0. The molecule has 0 unspecified atom stereocenters. The molecule has 0 nitrogen and oxygen atoms in total. The lowest BCUT2D eigenvalue weighted by molar-refractivity contribution is 1.55. The Bertz CT molecular complexity index is 814. The molecule has 1 heteroatoms. The molecule has 0 saturated heterocycles. The third kappa shape index (κ3) is 1.20. The molecule has 4 rings (SSSR count). The van der Waals surface area contributed by atoms with Crippen molar-refractivity contribution in [1.82, 2.24) is 0 Å². The minimum Gasteiger partial charge on any atom is -0.0581 e. The summed E-state index contributed by atoms with van der Waals surface area (Å²) in [6, 6.07) is 17.6. The highest BCUT2D eigenvalue weighted by atomic mass is 79.9. The van der Waals surface area contributed by atoms with Gasteiger partial charge in [0.2, 0.25) is 0 Å². The number of benzene rings is 4. The average Bonchev–Trinajstić information content (AvgIpc) is 2.40. The highest BCUT2D eigenvalue weighted by molar-refractivity contribution is 9.10. The second-order valence-corrected chi connectivity index (χ2v) is 5.71. The lowest BCUT2D eigenvalue weighted by Crippen LogP contribution is -1.86. The lowest BCUT2D eigenvalue weighted by Gasteiger charge is -2.13. The van der Waals surface area contributed by atoms with Crippen LogP contribution in [0.4, 0.5) is 0 Å². The van der Waals surface area contributed by atoms with Crippen molar-refractivity contribution < 1.29 is 0 Å². The summed E-state index contributed by atoms with van der Waals surface area (Å²) in [5.74, 6) is 0. The third-order valence-corrected chi connectivity index (χ3v) is 4.52. The molecule has 0 heterocycles. The summed E-state index contributed by atoms with van der Waals surface area (Å²) in [5, 5.41) is 8.08. The molecule has 18 heavy (non-hydrogen) atoms. The van der Waals surface area contributed by atoms with Crippen LogP contribution in [0.2, 0.25) is 0 Å². The predicted molar refractivity (Wildman–Crippen MR) is 82.6 cm³/mol. The normalized spacial score (nSPS) is 11.9. The maximum atomic E-state index is 3.66. The van der Waals surface area contributed by atoms with Crippen LogP contribution in [0.15, 0.2) is 53.0 Å². The number of rotatable bonds is 0. The Morgan fingerprint density at radius 2 is 1.22 bits per heavy atom. The Morgan fingerprint density at radius 1 is 0.667 bits per heavy atom. The van der Waals surface area contributed by atoms with E-state index in [-0.39, 0.29) is 0 Å². The van der Waals surface area contributed by atoms with Crippen molar-refractivity contribution in [3.63, 3.8) is 0 Å². The average molecular weight is 295 g/mol. The van der Waals surface area contributed by atoms with Gasteiger partial charge in [0.15, 0.2) is 0 Å². The van der Waals surface area contributed by atoms with Crippen LogP contribution >= 0.6 is 15.9 Å². The Balaban J connectivity index is 2.47. The summed E-state index contributed by atoms with van der Waals surface area (Å²) < 4.78 is 1.17. The fourth-order valence-electron chi connectivity index (χ4n) is 2.91. The first-order valence-corrected chi connectivity index (χ1v) is 6.87. The first-order chi connectivity index (χ1) is 8.75. The molecule has 0 bridgehead atoms. The van der Waals surface area contributed by atoms with Crippen LogP contribution in [-0.4, -0.2) is 0 Å². The van der Waals surface area contributed by atoms with Crippen molar-refractivity contribution in [1.29, 1.82) is 0 Å². The minimum atomic E-state index is 1.17. The molecule has 0 amide bonds. The van der Waals surface area contributed by atoms with Crippen LogP contribution in [0.5, 0.6) is 0 Å². The van der Waals surface area contributed by atoms with Gasteiger partial charge in [-0.1, -0.05) is 58.4 Å². The summed E-state index contributed by atoms with van der Waals surface area (Å²) in [4.78, 5) is 0. The third-order valence-electron chi connectivity index (χ3n) is 3.83. The lowest BCUT2D eigenvalue weighted by atomic mass is 9.92. The van der Waals surface area contributed by atoms with E-state index in [0.29, 0.717) is 0 Å². The van der Waals surface area contributed by atoms with Gasteiger partial charge in [-0.15, -0.1) is 0 Å². The first kappa shape index (κ1) is 10.3. The minimum absolute atomic E-state index is 1.17. The molecule has 0 fully saturated rings. The highest BCUT2D eigenvalue weighted by Crippen LogP contribution is 2.38. The molecular weight excluding hydrogens is 284 g/mol. The van der Waals surface area contributed by atoms with Gasteiger partial charge >= 0.3 is 0 Å². The zero-order valence-electron chi connectivity index (χ0n) is 10.00. The van der Waals surface area contributed by atoms with Gasteiger partial charge < -0.3 is 0 Å². The van der Waals surface area contributed by atoms with Crippen LogP contribution in [0.1, 0.15) is 5.56 Å². The SMILES string of the molecule is Cc1ccc2ccc3c(Br)ccc4ccc1c2c43. The summed E-state index contributed by atoms with van der Waals surface area (Å²) >= 11 is 3.66. The number of hydrogen-bond acceptors (Lipinski definition) is 0. The molecule has 0 aliphatic heterocycles. The van der Waals surface area contributed by atoms with Crippen molar-refractivity contribution in [3.8, 4) is 0 Å². The Kier molecular flexibility index (Phi) is 1.98. The Labute approximate surface area is 114 Å². The first-order valence-electron chi connectivity index (χ1n) is 6.08. The largest absolute Gasteiger partial charge is 0.0581 e. The van der Waals surface area contributed by atoms with Crippen molar-refractivity contribution in [3.05, 3.63) is 58.6 Å². The van der Waals surface area contributed by atoms with Gasteiger partial charge in [0.1, 0.15) is 0 Å². The molecular formula is C17H11Br. The van der Waals surface area contributed by atoms with Gasteiger partial charge in [-0.05, 0) is 50.9 Å². The fourth-order valence-corrected chi connectivity index (χ4v) is 3.37. The van der Waals surface area contributed by atoms with Gasteiger partial charge in [-0.25, -0.2) is 0 Å². The van der Waals surface area contributed by atoms with E-state index >= 15 is 0 Å². The molecule has 0 spiro atoms. The maximum absolute atomic E-state index is 3.66. The van der Waals surface area contributed by atoms with E-state index in [1.165, 1.54) is 42.4 Å². The van der Waals surface area contributed by atoms with Crippen LogP contribution in [0.25, 0.3) is 32.3 Å². The quantitative estimate of drug-likeness (QED) is 0.367. The second kappa shape index (κ2) is 3.46. The van der Waals surface area contributed by atoms with Gasteiger partial charge in [-0.3, -0.25) is 0 Å². The van der Waals surface area contributed by atoms with E-state index in [0.717, 1.165) is 0 Å². The number of halogens is 1. The maximum Gasteiger partial charge on any atom is 0.0254 e. The van der Waals surface area contributed by atoms with E-state index in [1.54, 1.807) is 0 Å². The summed E-state index contributed by atoms with van der Waals surface area (Å²) in [5.41, 5.74) is 1.34. The zero-order valence-corrected chi connectivity index (χ0v) is 11.6. The fraction of sp³-hybridized carbons (Fsp3) is 0.0588. The van der Waals surface area contributed by atoms with Crippen molar-refractivity contribution in [2.75, 3.05) is 0 Å². The highest BCUT2D eigenvalue weighted by Gasteiger charge is 2.10. The molecule has 0 N–H and O–H groups in total. The van der Waals surface area contributed by atoms with Crippen molar-refractivity contribution in [2.45, 2.75) is 6.92 Å². The van der Waals surface area contributed by atoms with E-state index in [1.807, 2.05) is 0 Å². The standard InChI is InChI=1S/C17H11Br/c1-10-2-3-11-5-8-14-15(18)9-6-12-4-7-13(10)16(11)17(12)14/h2-9H,1H3. The Morgan fingerprint density at radius 3 is 2.00 bits per heavy atom. The molecule has 0 radical (unpaired) electrons. The van der Waals surface area contributed by atoms with E-state index in [2.05, 4.69) is 71.4 Å². The van der Waals surface area contributed by atoms with Crippen LogP contribution in [0.3, 0.4) is 0 Å². The molecule has 4 aromatic rings. The Hall–Kier alpha value is -1.60. The molecule has 0 aromatic heterocycles. The molecule has 4 aromatic carbocycles. The van der Waals surface area contributed by atoms with Crippen LogP contribution < -0.4 is 0 Å². The van der Waals surface area contributed by atoms with E-state index in [9.17, 15) is 0 Å². The molecule has 0 atom stereocenters. The number of aryl methyl sites for hydroxylation is 1. The topological polar surface area (TPSA) is 0 Å². The van der Waals surface area contributed by atoms with Crippen LogP contribution in [0, 0.1) is 6.92 Å². The van der Waals surface area contributed by atoms with Gasteiger partial charge in [0, 0.05) is 4.47 Å². The monoisotopic (exact) mass is 294 g/mol. The smallest absolute Gasteiger partial charge is 0.0254 e. The summed E-state index contributed by atoms with van der Waals surface area (Å²) in [6.45, 7) is 2.18. The van der Waals surface area contributed by atoms with E-state index < -0.39 is 0 Å². The van der Waals surface area contributed by atoms with Crippen LogP contribution in [-0.2, 0) is 0 Å². The zero-order chi connectivity index (χ0) is 12.3. The van der Waals surface area contributed by atoms with Crippen molar-refractivity contribution in [2.24, 2.45) is 0 Å². The van der Waals surface area contributed by atoms with Gasteiger partial charge in [0.25, 0.3) is 0 Å². The molecule has 0 aliphatic carbocycles. The second-order valence-electron chi connectivity index (χ2n) is 4.85. The van der Waals surface area contributed by atoms with Crippen molar-refractivity contribution >= 4 is 48.2 Å². The molecule has 0 saturated carbocycles. The molecule has 0 aliphatic rings. The van der Waals surface area contributed by atoms with Gasteiger partial charge in [-0.2, -0.15) is 0 Å².